The molecular formula is C7H4FNO3S. The molecule has 13 heavy (non-hydrogen) atoms. The van der Waals surface area contributed by atoms with Crippen molar-refractivity contribution in [2.45, 2.75) is 4.90 Å². The SMILES string of the molecule is O=S(=O)(F)c1cncc2ccoc12. The minimum absolute atomic E-state index is 0.00231. The van der Waals surface area contributed by atoms with Crippen molar-refractivity contribution in [2.24, 2.45) is 0 Å². The molecule has 0 aromatic carbocycles. The summed E-state index contributed by atoms with van der Waals surface area (Å²) >= 11 is 0. The van der Waals surface area contributed by atoms with E-state index in [4.69, 9.17) is 4.42 Å². The van der Waals surface area contributed by atoms with Crippen molar-refractivity contribution in [1.29, 1.82) is 0 Å². The number of halogens is 1. The van der Waals surface area contributed by atoms with Crippen molar-refractivity contribution >= 4 is 21.2 Å². The van der Waals surface area contributed by atoms with Crippen LogP contribution in [-0.4, -0.2) is 13.4 Å². The fraction of sp³-hybridized carbons (Fsp3) is 0. The van der Waals surface area contributed by atoms with Gasteiger partial charge in [-0.15, -0.1) is 3.89 Å². The summed E-state index contributed by atoms with van der Waals surface area (Å²) in [6.07, 6.45) is 3.59. The van der Waals surface area contributed by atoms with E-state index in [2.05, 4.69) is 4.98 Å². The maximum Gasteiger partial charge on any atom is 0.337 e. The number of hydrogen-bond acceptors (Lipinski definition) is 4. The Bertz CT molecular complexity index is 546. The molecule has 4 nitrogen and oxygen atoms in total. The number of nitrogens with zero attached hydrogens (tertiary/aromatic N) is 1. The largest absolute Gasteiger partial charge is 0.463 e. The number of furan rings is 1. The first-order valence-electron chi connectivity index (χ1n) is 3.35. The molecule has 68 valence electrons. The van der Waals surface area contributed by atoms with Crippen molar-refractivity contribution in [1.82, 2.24) is 4.98 Å². The topological polar surface area (TPSA) is 60.2 Å². The summed E-state index contributed by atoms with van der Waals surface area (Å²) < 4.78 is 38.6. The van der Waals surface area contributed by atoms with Gasteiger partial charge in [0.25, 0.3) is 0 Å². The summed E-state index contributed by atoms with van der Waals surface area (Å²) in [7, 11) is -4.76. The number of aromatic nitrogens is 1. The Kier molecular flexibility index (Phi) is 1.59. The van der Waals surface area contributed by atoms with E-state index in [0.29, 0.717) is 5.39 Å². The molecule has 0 atom stereocenters. The molecule has 2 rings (SSSR count). The van der Waals surface area contributed by atoms with Crippen molar-refractivity contribution in [3.63, 3.8) is 0 Å². The normalized spacial score (nSPS) is 12.1. The summed E-state index contributed by atoms with van der Waals surface area (Å²) in [6.45, 7) is 0. The second-order valence-electron chi connectivity index (χ2n) is 2.41. The van der Waals surface area contributed by atoms with E-state index < -0.39 is 15.1 Å². The van der Waals surface area contributed by atoms with Gasteiger partial charge in [0, 0.05) is 11.6 Å². The van der Waals surface area contributed by atoms with Gasteiger partial charge >= 0.3 is 10.2 Å². The molecule has 0 amide bonds. The van der Waals surface area contributed by atoms with Crippen molar-refractivity contribution in [3.05, 3.63) is 24.7 Å². The van der Waals surface area contributed by atoms with Gasteiger partial charge in [0.2, 0.25) is 0 Å². The number of pyridine rings is 1. The standard InChI is InChI=1S/C7H4FNO3S/c8-13(10,11)6-4-9-3-5-1-2-12-7(5)6/h1-4H. The van der Waals surface area contributed by atoms with Crippen LogP contribution >= 0.6 is 0 Å². The van der Waals surface area contributed by atoms with Gasteiger partial charge in [-0.3, -0.25) is 4.98 Å². The molecule has 0 aliphatic carbocycles. The zero-order valence-electron chi connectivity index (χ0n) is 6.27. The molecule has 0 fully saturated rings. The predicted molar refractivity (Wildman–Crippen MR) is 42.3 cm³/mol. The van der Waals surface area contributed by atoms with Gasteiger partial charge in [0.05, 0.1) is 12.5 Å². The zero-order valence-corrected chi connectivity index (χ0v) is 7.08. The molecule has 0 aliphatic rings. The Morgan fingerprint density at radius 1 is 1.38 bits per heavy atom. The molecule has 0 N–H and O–H groups in total. The average Bonchev–Trinajstić information content (AvgIpc) is 2.48. The number of fused-ring (bicyclic) bond motifs is 1. The van der Waals surface area contributed by atoms with Crippen LogP contribution in [-0.2, 0) is 10.2 Å². The highest BCUT2D eigenvalue weighted by molar-refractivity contribution is 7.86. The minimum atomic E-state index is -4.76. The predicted octanol–water partition coefficient (Wildman–Crippen LogP) is 1.49. The molecule has 0 aliphatic heterocycles. The van der Waals surface area contributed by atoms with Gasteiger partial charge in [-0.2, -0.15) is 8.42 Å². The molecule has 0 radical (unpaired) electrons. The summed E-state index contributed by atoms with van der Waals surface area (Å²) in [4.78, 5) is 3.04. The van der Waals surface area contributed by atoms with E-state index in [0.717, 1.165) is 6.20 Å². The highest BCUT2D eigenvalue weighted by atomic mass is 32.3. The highest BCUT2D eigenvalue weighted by Crippen LogP contribution is 2.23. The quantitative estimate of drug-likeness (QED) is 0.656. The van der Waals surface area contributed by atoms with Crippen LogP contribution in [0.4, 0.5) is 3.89 Å². The van der Waals surface area contributed by atoms with Crippen molar-refractivity contribution in [2.75, 3.05) is 0 Å². The third-order valence-electron chi connectivity index (χ3n) is 1.59. The lowest BCUT2D eigenvalue weighted by atomic mass is 10.3. The summed E-state index contributed by atoms with van der Waals surface area (Å²) in [5, 5.41) is 0.457. The lowest BCUT2D eigenvalue weighted by Crippen LogP contribution is -1.92. The van der Waals surface area contributed by atoms with Gasteiger partial charge in [0.1, 0.15) is 0 Å². The molecule has 0 spiro atoms. The first-order chi connectivity index (χ1) is 6.09. The van der Waals surface area contributed by atoms with Gasteiger partial charge in [-0.25, -0.2) is 0 Å². The summed E-state index contributed by atoms with van der Waals surface area (Å²) in [5.41, 5.74) is -0.00231. The van der Waals surface area contributed by atoms with Gasteiger partial charge in [0.15, 0.2) is 10.5 Å². The average molecular weight is 201 g/mol. The molecule has 0 bridgehead atoms. The maximum atomic E-state index is 12.6. The summed E-state index contributed by atoms with van der Waals surface area (Å²) in [6, 6.07) is 1.51. The summed E-state index contributed by atoms with van der Waals surface area (Å²) in [5.74, 6) is 0. The molecule has 0 saturated carbocycles. The Hall–Kier alpha value is -1.43. The fourth-order valence-corrected chi connectivity index (χ4v) is 1.61. The van der Waals surface area contributed by atoms with Crippen LogP contribution in [0.25, 0.3) is 11.0 Å². The van der Waals surface area contributed by atoms with E-state index in [1.165, 1.54) is 18.5 Å². The van der Waals surface area contributed by atoms with Crippen LogP contribution in [0, 0.1) is 0 Å². The van der Waals surface area contributed by atoms with Crippen LogP contribution < -0.4 is 0 Å². The molecule has 0 saturated heterocycles. The zero-order chi connectivity index (χ0) is 9.47. The highest BCUT2D eigenvalue weighted by Gasteiger charge is 2.18. The molecular weight excluding hydrogens is 197 g/mol. The Labute approximate surface area is 73.2 Å². The molecule has 2 aromatic heterocycles. The van der Waals surface area contributed by atoms with Crippen molar-refractivity contribution in [3.8, 4) is 0 Å². The Morgan fingerprint density at radius 3 is 2.85 bits per heavy atom. The van der Waals surface area contributed by atoms with E-state index >= 15 is 0 Å². The van der Waals surface area contributed by atoms with E-state index in [1.807, 2.05) is 0 Å². The lowest BCUT2D eigenvalue weighted by molar-refractivity contribution is 0.546. The van der Waals surface area contributed by atoms with Crippen molar-refractivity contribution < 1.29 is 16.7 Å². The molecule has 2 aromatic rings. The number of rotatable bonds is 1. The third-order valence-corrected chi connectivity index (χ3v) is 2.40. The van der Waals surface area contributed by atoms with Crippen LogP contribution in [0.15, 0.2) is 34.0 Å². The Balaban J connectivity index is 2.91. The van der Waals surface area contributed by atoms with Crippen LogP contribution in [0.2, 0.25) is 0 Å². The molecule has 6 heteroatoms. The smallest absolute Gasteiger partial charge is 0.337 e. The second kappa shape index (κ2) is 2.53. The Morgan fingerprint density at radius 2 is 2.15 bits per heavy atom. The van der Waals surface area contributed by atoms with E-state index in [1.54, 1.807) is 0 Å². The van der Waals surface area contributed by atoms with E-state index in [9.17, 15) is 12.3 Å². The fourth-order valence-electron chi connectivity index (χ4n) is 1.04. The van der Waals surface area contributed by atoms with Gasteiger partial charge in [-0.1, -0.05) is 0 Å². The van der Waals surface area contributed by atoms with Gasteiger partial charge in [-0.05, 0) is 6.07 Å². The maximum absolute atomic E-state index is 12.6. The molecule has 0 unspecified atom stereocenters. The van der Waals surface area contributed by atoms with Gasteiger partial charge < -0.3 is 4.42 Å². The monoisotopic (exact) mass is 201 g/mol. The first-order valence-corrected chi connectivity index (χ1v) is 4.73. The molecule has 2 heterocycles. The van der Waals surface area contributed by atoms with Crippen LogP contribution in [0.5, 0.6) is 0 Å². The lowest BCUT2D eigenvalue weighted by Gasteiger charge is -1.93. The minimum Gasteiger partial charge on any atom is -0.463 e. The number of hydrogen-bond donors (Lipinski definition) is 0. The third kappa shape index (κ3) is 1.29. The van der Waals surface area contributed by atoms with Crippen LogP contribution in [0.1, 0.15) is 0 Å². The first kappa shape index (κ1) is 8.18. The van der Waals surface area contributed by atoms with E-state index in [-0.39, 0.29) is 5.58 Å². The second-order valence-corrected chi connectivity index (χ2v) is 3.73. The van der Waals surface area contributed by atoms with Crippen LogP contribution in [0.3, 0.4) is 0 Å².